The van der Waals surface area contributed by atoms with E-state index in [0.29, 0.717) is 13.0 Å². The van der Waals surface area contributed by atoms with E-state index in [0.717, 1.165) is 38.8 Å². The van der Waals surface area contributed by atoms with Crippen molar-refractivity contribution in [1.82, 2.24) is 5.32 Å². The van der Waals surface area contributed by atoms with E-state index < -0.39 is 0 Å². The van der Waals surface area contributed by atoms with Crippen molar-refractivity contribution in [2.45, 2.75) is 89.9 Å². The van der Waals surface area contributed by atoms with Gasteiger partial charge >= 0.3 is 0 Å². The molecule has 1 rings (SSSR count). The lowest BCUT2D eigenvalue weighted by atomic mass is 9.97. The Morgan fingerprint density at radius 2 is 1.72 bits per heavy atom. The Labute approximate surface area is 154 Å². The quantitative estimate of drug-likeness (QED) is 0.317. The zero-order valence-corrected chi connectivity index (χ0v) is 16.1. The van der Waals surface area contributed by atoms with Crippen LogP contribution in [0.15, 0.2) is 11.6 Å². The molecule has 1 aliphatic rings. The predicted octanol–water partition coefficient (Wildman–Crippen LogP) is 4.51. The second-order valence-electron chi connectivity index (χ2n) is 7.12. The van der Waals surface area contributed by atoms with Crippen molar-refractivity contribution in [3.8, 4) is 0 Å². The van der Waals surface area contributed by atoms with Gasteiger partial charge in [0.1, 0.15) is 0 Å². The molecule has 0 aromatic heterocycles. The molecule has 2 N–H and O–H groups in total. The maximum atomic E-state index is 11.8. The van der Waals surface area contributed by atoms with Gasteiger partial charge in [-0.05, 0) is 44.9 Å². The fourth-order valence-corrected chi connectivity index (χ4v) is 3.30. The molecule has 0 saturated heterocycles. The summed E-state index contributed by atoms with van der Waals surface area (Å²) >= 11 is 0. The number of ether oxygens (including phenoxy) is 1. The van der Waals surface area contributed by atoms with Crippen LogP contribution in [0, 0.1) is 0 Å². The number of hydrogen-bond donors (Lipinski definition) is 2. The molecule has 25 heavy (non-hydrogen) atoms. The summed E-state index contributed by atoms with van der Waals surface area (Å²) in [6, 6.07) is 0. The Kier molecular flexibility index (Phi) is 14.7. The molecular weight excluding hydrogens is 314 g/mol. The van der Waals surface area contributed by atoms with Gasteiger partial charge in [0.25, 0.3) is 0 Å². The zero-order chi connectivity index (χ0) is 18.0. The summed E-state index contributed by atoms with van der Waals surface area (Å²) in [5.41, 5.74) is 1.53. The van der Waals surface area contributed by atoms with Gasteiger partial charge in [0.15, 0.2) is 0 Å². The molecule has 0 aromatic carbocycles. The molecule has 0 fully saturated rings. The number of aliphatic hydroxyl groups is 1. The topological polar surface area (TPSA) is 58.6 Å². The van der Waals surface area contributed by atoms with Gasteiger partial charge in [-0.15, -0.1) is 0 Å². The highest BCUT2D eigenvalue weighted by molar-refractivity contribution is 5.75. The second kappa shape index (κ2) is 16.6. The first-order valence-corrected chi connectivity index (χ1v) is 10.5. The molecule has 0 unspecified atom stereocenters. The van der Waals surface area contributed by atoms with E-state index in [-0.39, 0.29) is 12.5 Å². The number of unbranched alkanes of at least 4 members (excludes halogenated alkanes) is 7. The molecule has 4 nitrogen and oxygen atoms in total. The van der Waals surface area contributed by atoms with Gasteiger partial charge in [-0.3, -0.25) is 4.79 Å². The summed E-state index contributed by atoms with van der Waals surface area (Å²) in [6.45, 7) is 2.17. The number of carbonyl (C=O) groups excluding carboxylic acids is 1. The monoisotopic (exact) mass is 353 g/mol. The molecule has 0 radical (unpaired) electrons. The largest absolute Gasteiger partial charge is 0.394 e. The number of aliphatic hydroxyl groups excluding tert-OH is 1. The molecular formula is C21H39NO3. The Morgan fingerprint density at radius 3 is 2.40 bits per heavy atom. The molecule has 146 valence electrons. The Morgan fingerprint density at radius 1 is 1.00 bits per heavy atom. The van der Waals surface area contributed by atoms with Gasteiger partial charge in [-0.1, -0.05) is 50.2 Å². The molecule has 0 saturated carbocycles. The normalized spacial score (nSPS) is 14.4. The smallest absolute Gasteiger partial charge is 0.220 e. The third-order valence-electron chi connectivity index (χ3n) is 4.83. The minimum absolute atomic E-state index is 0.121. The number of allylic oxidation sites excluding steroid dienone is 1. The number of carbonyl (C=O) groups is 1. The van der Waals surface area contributed by atoms with Gasteiger partial charge in [-0.2, -0.15) is 0 Å². The first-order chi connectivity index (χ1) is 12.3. The van der Waals surface area contributed by atoms with Crippen molar-refractivity contribution < 1.29 is 14.6 Å². The van der Waals surface area contributed by atoms with E-state index in [9.17, 15) is 4.79 Å². The number of nitrogens with one attached hydrogen (secondary N) is 1. The van der Waals surface area contributed by atoms with E-state index in [1.54, 1.807) is 0 Å². The molecule has 4 heteroatoms. The maximum absolute atomic E-state index is 11.8. The second-order valence-corrected chi connectivity index (χ2v) is 7.12. The maximum Gasteiger partial charge on any atom is 0.220 e. The molecule has 0 spiro atoms. The Balaban J connectivity index is 1.78. The zero-order valence-electron chi connectivity index (χ0n) is 16.1. The fraction of sp³-hybridized carbons (Fsp3) is 0.857. The lowest BCUT2D eigenvalue weighted by molar-refractivity contribution is -0.121. The highest BCUT2D eigenvalue weighted by atomic mass is 16.5. The first kappa shape index (κ1) is 22.2. The van der Waals surface area contributed by atoms with Gasteiger partial charge in [-0.25, -0.2) is 0 Å². The van der Waals surface area contributed by atoms with Crippen LogP contribution in [0.1, 0.15) is 89.9 Å². The van der Waals surface area contributed by atoms with Crippen LogP contribution in [0.2, 0.25) is 0 Å². The van der Waals surface area contributed by atoms with Crippen molar-refractivity contribution in [2.75, 3.05) is 26.4 Å². The van der Waals surface area contributed by atoms with Crippen molar-refractivity contribution in [1.29, 1.82) is 0 Å². The molecule has 1 aliphatic carbocycles. The van der Waals surface area contributed by atoms with Crippen molar-refractivity contribution in [2.24, 2.45) is 0 Å². The molecule has 1 amide bonds. The standard InChI is InChI=1S/C21H39NO3/c23-17-19-25-18-11-6-4-2-1-3-5-10-14-21(24)22-16-15-20-12-8-7-9-13-20/h12,23H,1-11,13-19H2,(H,22,24). The van der Waals surface area contributed by atoms with E-state index >= 15 is 0 Å². The fourth-order valence-electron chi connectivity index (χ4n) is 3.30. The van der Waals surface area contributed by atoms with Crippen LogP contribution >= 0.6 is 0 Å². The average Bonchev–Trinajstić information content (AvgIpc) is 2.63. The van der Waals surface area contributed by atoms with Crippen molar-refractivity contribution in [3.63, 3.8) is 0 Å². The predicted molar refractivity (Wildman–Crippen MR) is 104 cm³/mol. The van der Waals surface area contributed by atoms with Gasteiger partial charge in [0.2, 0.25) is 5.91 Å². The summed E-state index contributed by atoms with van der Waals surface area (Å²) in [7, 11) is 0. The van der Waals surface area contributed by atoms with Crippen LogP contribution in [-0.2, 0) is 9.53 Å². The molecule has 0 heterocycles. The van der Waals surface area contributed by atoms with E-state index in [4.69, 9.17) is 9.84 Å². The van der Waals surface area contributed by atoms with Gasteiger partial charge < -0.3 is 15.2 Å². The van der Waals surface area contributed by atoms with E-state index in [2.05, 4.69) is 11.4 Å². The minimum atomic E-state index is 0.121. The number of hydrogen-bond acceptors (Lipinski definition) is 3. The Bertz CT molecular complexity index is 355. The summed E-state index contributed by atoms with van der Waals surface area (Å²) in [5, 5.41) is 11.7. The van der Waals surface area contributed by atoms with Crippen LogP contribution in [0.4, 0.5) is 0 Å². The number of rotatable bonds is 16. The summed E-state index contributed by atoms with van der Waals surface area (Å²) in [4.78, 5) is 11.8. The SMILES string of the molecule is O=C(CCCCCCCCCCOCCO)NCCC1=CCCCC1. The van der Waals surface area contributed by atoms with Crippen molar-refractivity contribution in [3.05, 3.63) is 11.6 Å². The lowest BCUT2D eigenvalue weighted by Crippen LogP contribution is -2.24. The highest BCUT2D eigenvalue weighted by Crippen LogP contribution is 2.19. The van der Waals surface area contributed by atoms with Crippen LogP contribution in [0.5, 0.6) is 0 Å². The third-order valence-corrected chi connectivity index (χ3v) is 4.83. The number of amides is 1. The summed E-state index contributed by atoms with van der Waals surface area (Å²) in [5.74, 6) is 0.222. The van der Waals surface area contributed by atoms with Gasteiger partial charge in [0, 0.05) is 19.6 Å². The lowest BCUT2D eigenvalue weighted by Gasteiger charge is -2.12. The highest BCUT2D eigenvalue weighted by Gasteiger charge is 2.05. The molecule has 0 aromatic rings. The van der Waals surface area contributed by atoms with E-state index in [1.807, 2.05) is 0 Å². The third kappa shape index (κ3) is 14.0. The molecule has 0 atom stereocenters. The van der Waals surface area contributed by atoms with Crippen LogP contribution in [-0.4, -0.2) is 37.4 Å². The Hall–Kier alpha value is -0.870. The van der Waals surface area contributed by atoms with Crippen LogP contribution < -0.4 is 5.32 Å². The summed E-state index contributed by atoms with van der Waals surface area (Å²) < 4.78 is 5.24. The van der Waals surface area contributed by atoms with Gasteiger partial charge in [0.05, 0.1) is 13.2 Å². The first-order valence-electron chi connectivity index (χ1n) is 10.5. The summed E-state index contributed by atoms with van der Waals surface area (Å²) in [6.07, 6.45) is 18.7. The molecule has 0 aliphatic heterocycles. The van der Waals surface area contributed by atoms with E-state index in [1.165, 1.54) is 63.4 Å². The van der Waals surface area contributed by atoms with Crippen LogP contribution in [0.25, 0.3) is 0 Å². The average molecular weight is 354 g/mol. The van der Waals surface area contributed by atoms with Crippen molar-refractivity contribution >= 4 is 5.91 Å². The molecule has 0 bridgehead atoms. The minimum Gasteiger partial charge on any atom is -0.394 e. The van der Waals surface area contributed by atoms with Crippen LogP contribution in [0.3, 0.4) is 0 Å².